The number of oxazole rings is 1. The van der Waals surface area contributed by atoms with E-state index < -0.39 is 15.8 Å². The Morgan fingerprint density at radius 2 is 2.06 bits per heavy atom. The number of anilines is 2. The SMILES string of the molecule is CC(C)c1ncc(C2CCC(c3cc(Nc4ccc5c(c4F)CNS5(=O)=O)n[nH]3)C2)o1. The highest BCUT2D eigenvalue weighted by Gasteiger charge is 2.32. The molecule has 2 aliphatic rings. The van der Waals surface area contributed by atoms with E-state index in [1.807, 2.05) is 12.3 Å². The molecule has 0 spiro atoms. The van der Waals surface area contributed by atoms with E-state index in [1.54, 1.807) is 0 Å². The van der Waals surface area contributed by atoms with E-state index in [1.165, 1.54) is 12.1 Å². The summed E-state index contributed by atoms with van der Waals surface area (Å²) in [6.07, 6.45) is 4.79. The van der Waals surface area contributed by atoms with Gasteiger partial charge in [-0.2, -0.15) is 5.10 Å². The van der Waals surface area contributed by atoms with Gasteiger partial charge in [-0.05, 0) is 31.4 Å². The molecule has 1 saturated carbocycles. The average Bonchev–Trinajstić information content (AvgIpc) is 3.49. The number of hydrogen-bond acceptors (Lipinski definition) is 6. The first-order chi connectivity index (χ1) is 14.8. The van der Waals surface area contributed by atoms with Crippen molar-refractivity contribution in [1.82, 2.24) is 19.9 Å². The lowest BCUT2D eigenvalue weighted by atomic mass is 10.0. The van der Waals surface area contributed by atoms with Crippen molar-refractivity contribution < 1.29 is 17.2 Å². The van der Waals surface area contributed by atoms with Crippen molar-refractivity contribution in [2.45, 2.75) is 62.3 Å². The maximum Gasteiger partial charge on any atom is 0.241 e. The van der Waals surface area contributed by atoms with Gasteiger partial charge in [0.05, 0.1) is 16.8 Å². The molecule has 0 saturated heterocycles. The third kappa shape index (κ3) is 3.63. The lowest BCUT2D eigenvalue weighted by Gasteiger charge is -2.08. The van der Waals surface area contributed by atoms with Crippen LogP contribution in [0.4, 0.5) is 15.9 Å². The van der Waals surface area contributed by atoms with Gasteiger partial charge in [-0.3, -0.25) is 5.10 Å². The number of halogens is 1. The number of nitrogens with one attached hydrogen (secondary N) is 3. The number of nitrogens with zero attached hydrogens (tertiary/aromatic N) is 2. The Labute approximate surface area is 179 Å². The van der Waals surface area contributed by atoms with Crippen LogP contribution in [0, 0.1) is 5.82 Å². The van der Waals surface area contributed by atoms with E-state index >= 15 is 0 Å². The first-order valence-electron chi connectivity index (χ1n) is 10.4. The van der Waals surface area contributed by atoms with Crippen LogP contribution in [0.3, 0.4) is 0 Å². The normalized spacial score (nSPS) is 22.2. The van der Waals surface area contributed by atoms with Crippen LogP contribution >= 0.6 is 0 Å². The van der Waals surface area contributed by atoms with Crippen LogP contribution in [0.15, 0.2) is 33.7 Å². The summed E-state index contributed by atoms with van der Waals surface area (Å²) in [6.45, 7) is 4.07. The molecule has 1 aliphatic heterocycles. The lowest BCUT2D eigenvalue weighted by molar-refractivity contribution is 0.408. The van der Waals surface area contributed by atoms with E-state index in [0.717, 1.165) is 36.6 Å². The fourth-order valence-electron chi connectivity index (χ4n) is 4.39. The van der Waals surface area contributed by atoms with Crippen LogP contribution in [0.2, 0.25) is 0 Å². The number of aromatic amines is 1. The number of H-pyrrole nitrogens is 1. The maximum absolute atomic E-state index is 14.8. The molecule has 0 bridgehead atoms. The molecule has 31 heavy (non-hydrogen) atoms. The second-order valence-corrected chi connectivity index (χ2v) is 10.3. The Morgan fingerprint density at radius 1 is 1.26 bits per heavy atom. The van der Waals surface area contributed by atoms with Gasteiger partial charge >= 0.3 is 0 Å². The molecule has 3 aromatic rings. The monoisotopic (exact) mass is 445 g/mol. The first kappa shape index (κ1) is 20.2. The van der Waals surface area contributed by atoms with Gasteiger partial charge in [-0.15, -0.1) is 0 Å². The van der Waals surface area contributed by atoms with Gasteiger partial charge < -0.3 is 9.73 Å². The molecule has 10 heteroatoms. The van der Waals surface area contributed by atoms with E-state index in [0.29, 0.717) is 17.7 Å². The molecule has 2 atom stereocenters. The molecule has 8 nitrogen and oxygen atoms in total. The average molecular weight is 446 g/mol. The van der Waals surface area contributed by atoms with Crippen LogP contribution in [0.5, 0.6) is 0 Å². The number of benzene rings is 1. The molecule has 164 valence electrons. The van der Waals surface area contributed by atoms with Gasteiger partial charge in [0, 0.05) is 41.6 Å². The molecule has 1 aliphatic carbocycles. The predicted molar refractivity (Wildman–Crippen MR) is 112 cm³/mol. The molecular formula is C21H24FN5O3S. The van der Waals surface area contributed by atoms with Crippen molar-refractivity contribution in [2.75, 3.05) is 5.32 Å². The van der Waals surface area contributed by atoms with E-state index in [4.69, 9.17) is 4.42 Å². The number of sulfonamides is 1. The molecule has 0 radical (unpaired) electrons. The predicted octanol–water partition coefficient (Wildman–Crippen LogP) is 4.25. The Balaban J connectivity index is 1.29. The molecule has 1 fully saturated rings. The van der Waals surface area contributed by atoms with Gasteiger partial charge in [0.1, 0.15) is 5.76 Å². The van der Waals surface area contributed by atoms with Crippen LogP contribution in [0.1, 0.15) is 73.8 Å². The second kappa shape index (κ2) is 7.45. The topological polar surface area (TPSA) is 113 Å². The standard InChI is InChI=1S/C21H24FN5O3S/c1-11(2)21-23-10-17(30-21)13-4-3-12(7-13)16-8-19(27-26-16)25-15-5-6-18-14(20(15)22)9-24-31(18,28)29/h5-6,8,10-13,24H,3-4,7,9H2,1-2H3,(H2,25,26,27). The summed E-state index contributed by atoms with van der Waals surface area (Å²) in [4.78, 5) is 4.37. The third-order valence-corrected chi connectivity index (χ3v) is 7.59. The Hall–Kier alpha value is -2.72. The van der Waals surface area contributed by atoms with Crippen molar-refractivity contribution >= 4 is 21.5 Å². The van der Waals surface area contributed by atoms with Crippen molar-refractivity contribution in [2.24, 2.45) is 0 Å². The highest BCUT2D eigenvalue weighted by atomic mass is 32.2. The summed E-state index contributed by atoms with van der Waals surface area (Å²) in [5.41, 5.74) is 1.33. The van der Waals surface area contributed by atoms with Crippen LogP contribution in [-0.2, 0) is 16.6 Å². The third-order valence-electron chi connectivity index (χ3n) is 6.10. The van der Waals surface area contributed by atoms with Crippen LogP contribution in [-0.4, -0.2) is 23.6 Å². The Bertz CT molecular complexity index is 1230. The van der Waals surface area contributed by atoms with Gasteiger partial charge in [0.25, 0.3) is 0 Å². The highest BCUT2D eigenvalue weighted by molar-refractivity contribution is 7.89. The molecule has 1 aromatic carbocycles. The smallest absolute Gasteiger partial charge is 0.241 e. The first-order valence-corrected chi connectivity index (χ1v) is 11.9. The summed E-state index contributed by atoms with van der Waals surface area (Å²) in [5.74, 6) is 2.52. The van der Waals surface area contributed by atoms with E-state index in [9.17, 15) is 12.8 Å². The zero-order valence-corrected chi connectivity index (χ0v) is 18.1. The number of aromatic nitrogens is 3. The molecule has 5 rings (SSSR count). The van der Waals surface area contributed by atoms with E-state index in [-0.39, 0.29) is 28.6 Å². The number of rotatable bonds is 5. The molecule has 3 N–H and O–H groups in total. The zero-order chi connectivity index (χ0) is 21.8. The van der Waals surface area contributed by atoms with Crippen LogP contribution in [0.25, 0.3) is 0 Å². The summed E-state index contributed by atoms with van der Waals surface area (Å²) < 4.78 is 46.8. The molecular weight excluding hydrogens is 421 g/mol. The summed E-state index contributed by atoms with van der Waals surface area (Å²) in [6, 6.07) is 4.72. The zero-order valence-electron chi connectivity index (χ0n) is 17.3. The second-order valence-electron chi connectivity index (χ2n) is 8.52. The fourth-order valence-corrected chi connectivity index (χ4v) is 5.61. The summed E-state index contributed by atoms with van der Waals surface area (Å²) in [7, 11) is -3.61. The van der Waals surface area contributed by atoms with Gasteiger partial charge in [-0.25, -0.2) is 22.5 Å². The van der Waals surface area contributed by atoms with Gasteiger partial charge in [-0.1, -0.05) is 13.8 Å². The maximum atomic E-state index is 14.8. The van der Waals surface area contributed by atoms with E-state index in [2.05, 4.69) is 39.1 Å². The van der Waals surface area contributed by atoms with Crippen LogP contribution < -0.4 is 10.0 Å². The quantitative estimate of drug-likeness (QED) is 0.541. The number of hydrogen-bond donors (Lipinski definition) is 3. The largest absolute Gasteiger partial charge is 0.445 e. The van der Waals surface area contributed by atoms with Gasteiger partial charge in [0.15, 0.2) is 17.5 Å². The number of fused-ring (bicyclic) bond motifs is 1. The van der Waals surface area contributed by atoms with Crippen molar-refractivity contribution in [1.29, 1.82) is 0 Å². The summed E-state index contributed by atoms with van der Waals surface area (Å²) >= 11 is 0. The van der Waals surface area contributed by atoms with Crippen molar-refractivity contribution in [3.05, 3.63) is 53.1 Å². The molecule has 3 heterocycles. The molecule has 2 aromatic heterocycles. The molecule has 2 unspecified atom stereocenters. The minimum Gasteiger partial charge on any atom is -0.445 e. The highest BCUT2D eigenvalue weighted by Crippen LogP contribution is 2.44. The fraction of sp³-hybridized carbons (Fsp3) is 0.429. The Kier molecular flexibility index (Phi) is 4.86. The summed E-state index contributed by atoms with van der Waals surface area (Å²) in [5, 5.41) is 10.3. The minimum absolute atomic E-state index is 0.0108. The van der Waals surface area contributed by atoms with Crippen molar-refractivity contribution in [3.8, 4) is 0 Å². The van der Waals surface area contributed by atoms with Crippen molar-refractivity contribution in [3.63, 3.8) is 0 Å². The Morgan fingerprint density at radius 3 is 2.84 bits per heavy atom. The lowest BCUT2D eigenvalue weighted by Crippen LogP contribution is -2.13. The molecule has 0 amide bonds. The minimum atomic E-state index is -3.61. The van der Waals surface area contributed by atoms with Gasteiger partial charge in [0.2, 0.25) is 10.0 Å².